The lowest BCUT2D eigenvalue weighted by Gasteiger charge is -2.22. The first-order valence-electron chi connectivity index (χ1n) is 14.6. The van der Waals surface area contributed by atoms with Gasteiger partial charge in [0.1, 0.15) is 11.6 Å². The first-order valence-corrected chi connectivity index (χ1v) is 14.6. The Morgan fingerprint density at radius 1 is 0.722 bits per heavy atom. The fraction of sp³-hybridized carbons (Fsp3) is 0.897. The Labute approximate surface area is 220 Å². The lowest BCUT2D eigenvalue weighted by atomic mass is 10.0. The van der Waals surface area contributed by atoms with Gasteiger partial charge in [0.2, 0.25) is 5.91 Å². The van der Waals surface area contributed by atoms with Crippen molar-refractivity contribution in [2.45, 2.75) is 161 Å². The van der Waals surface area contributed by atoms with Gasteiger partial charge in [-0.25, -0.2) is 9.59 Å². The Morgan fingerprint density at radius 2 is 1.19 bits per heavy atom. The van der Waals surface area contributed by atoms with Crippen LogP contribution < -0.4 is 10.6 Å². The second kappa shape index (κ2) is 22.4. The molecule has 0 rings (SSSR count). The molecule has 0 aliphatic heterocycles. The highest BCUT2D eigenvalue weighted by Crippen LogP contribution is 2.14. The summed E-state index contributed by atoms with van der Waals surface area (Å²) in [5.41, 5.74) is -0.676. The molecule has 0 bridgehead atoms. The third-order valence-corrected chi connectivity index (χ3v) is 6.24. The molecule has 0 fully saturated rings. The Kier molecular flexibility index (Phi) is 21.3. The highest BCUT2D eigenvalue weighted by Gasteiger charge is 2.23. The number of aliphatic carboxylic acids is 1. The molecular weight excluding hydrogens is 456 g/mol. The predicted molar refractivity (Wildman–Crippen MR) is 147 cm³/mol. The lowest BCUT2D eigenvalue weighted by Crippen LogP contribution is -2.43. The van der Waals surface area contributed by atoms with Gasteiger partial charge < -0.3 is 20.5 Å². The van der Waals surface area contributed by atoms with Crippen molar-refractivity contribution < 1.29 is 24.2 Å². The molecule has 3 N–H and O–H groups in total. The van der Waals surface area contributed by atoms with Crippen molar-refractivity contribution in [2.24, 2.45) is 0 Å². The summed E-state index contributed by atoms with van der Waals surface area (Å²) < 4.78 is 5.11. The van der Waals surface area contributed by atoms with Gasteiger partial charge in [-0.3, -0.25) is 4.79 Å². The fourth-order valence-corrected chi connectivity index (χ4v) is 4.15. The number of ether oxygens (including phenoxy) is 1. The average molecular weight is 513 g/mol. The van der Waals surface area contributed by atoms with Crippen LogP contribution in [0.15, 0.2) is 0 Å². The molecule has 7 nitrogen and oxygen atoms in total. The monoisotopic (exact) mass is 512 g/mol. The van der Waals surface area contributed by atoms with Crippen LogP contribution in [0.1, 0.15) is 150 Å². The zero-order valence-corrected chi connectivity index (χ0v) is 23.8. The maximum Gasteiger partial charge on any atom is 0.408 e. The van der Waals surface area contributed by atoms with E-state index in [1.165, 1.54) is 83.5 Å². The predicted octanol–water partition coefficient (Wildman–Crippen LogP) is 7.51. The smallest absolute Gasteiger partial charge is 0.408 e. The Hall–Kier alpha value is -1.79. The van der Waals surface area contributed by atoms with Gasteiger partial charge in [0.05, 0.1) is 0 Å². The minimum atomic E-state index is -1.09. The van der Waals surface area contributed by atoms with Crippen LogP contribution in [0.25, 0.3) is 0 Å². The van der Waals surface area contributed by atoms with Crippen molar-refractivity contribution in [3.8, 4) is 0 Å². The van der Waals surface area contributed by atoms with Crippen molar-refractivity contribution in [1.29, 1.82) is 0 Å². The van der Waals surface area contributed by atoms with Crippen molar-refractivity contribution >= 4 is 18.0 Å². The summed E-state index contributed by atoms with van der Waals surface area (Å²) in [6.45, 7) is 7.97. The van der Waals surface area contributed by atoms with Gasteiger partial charge in [-0.1, -0.05) is 96.8 Å². The number of carbonyl (C=O) groups is 3. The van der Waals surface area contributed by atoms with Crippen LogP contribution in [0.2, 0.25) is 0 Å². The first kappa shape index (κ1) is 34.2. The van der Waals surface area contributed by atoms with Crippen LogP contribution >= 0.6 is 0 Å². The van der Waals surface area contributed by atoms with Crippen LogP contribution in [-0.4, -0.2) is 41.3 Å². The van der Waals surface area contributed by atoms with E-state index in [2.05, 4.69) is 17.6 Å². The number of hydrogen-bond acceptors (Lipinski definition) is 4. The molecule has 0 spiro atoms. The number of carboxylic acids is 1. The van der Waals surface area contributed by atoms with Crippen LogP contribution in [0.3, 0.4) is 0 Å². The van der Waals surface area contributed by atoms with Gasteiger partial charge in [0.25, 0.3) is 0 Å². The molecule has 1 atom stereocenters. The largest absolute Gasteiger partial charge is 0.480 e. The molecule has 0 saturated carbocycles. The summed E-state index contributed by atoms with van der Waals surface area (Å²) >= 11 is 0. The van der Waals surface area contributed by atoms with E-state index in [4.69, 9.17) is 4.74 Å². The molecule has 0 saturated heterocycles. The Bertz CT molecular complexity index is 575. The maximum absolute atomic E-state index is 12.0. The molecule has 0 aliphatic rings. The van der Waals surface area contributed by atoms with Crippen molar-refractivity contribution in [1.82, 2.24) is 10.6 Å². The summed E-state index contributed by atoms with van der Waals surface area (Å²) in [5, 5.41) is 14.6. The third-order valence-electron chi connectivity index (χ3n) is 6.24. The molecule has 0 unspecified atom stereocenters. The summed E-state index contributed by atoms with van der Waals surface area (Å²) in [7, 11) is 0. The van der Waals surface area contributed by atoms with E-state index in [1.807, 2.05) is 0 Å². The van der Waals surface area contributed by atoms with E-state index in [1.54, 1.807) is 20.8 Å². The summed E-state index contributed by atoms with van der Waals surface area (Å²) in [5.74, 6) is -1.02. The van der Waals surface area contributed by atoms with Gasteiger partial charge in [-0.05, 0) is 46.5 Å². The topological polar surface area (TPSA) is 105 Å². The van der Waals surface area contributed by atoms with E-state index >= 15 is 0 Å². The van der Waals surface area contributed by atoms with E-state index in [0.717, 1.165) is 12.8 Å². The minimum absolute atomic E-state index is 0.0614. The molecule has 0 radical (unpaired) electrons. The van der Waals surface area contributed by atoms with Crippen molar-refractivity contribution in [2.75, 3.05) is 6.54 Å². The second-order valence-electron chi connectivity index (χ2n) is 11.1. The molecule has 0 aromatic heterocycles. The lowest BCUT2D eigenvalue weighted by molar-refractivity contribution is -0.139. The zero-order valence-electron chi connectivity index (χ0n) is 23.8. The first-order chi connectivity index (χ1) is 17.2. The van der Waals surface area contributed by atoms with Gasteiger partial charge >= 0.3 is 12.1 Å². The summed E-state index contributed by atoms with van der Waals surface area (Å²) in [6, 6.07) is -0.990. The highest BCUT2D eigenvalue weighted by atomic mass is 16.6. The SMILES string of the molecule is CCCCCCCCCCCCCCCCCC(=O)NCCCC[C@H](NC(=O)OC(C)(C)C)C(=O)O. The van der Waals surface area contributed by atoms with Gasteiger partial charge in [0.15, 0.2) is 0 Å². The number of amides is 2. The number of unbranched alkanes of at least 4 members (excludes halogenated alkanes) is 15. The quantitative estimate of drug-likeness (QED) is 0.123. The van der Waals surface area contributed by atoms with Crippen LogP contribution in [-0.2, 0) is 14.3 Å². The molecule has 36 heavy (non-hydrogen) atoms. The fourth-order valence-electron chi connectivity index (χ4n) is 4.15. The van der Waals surface area contributed by atoms with Crippen LogP contribution in [0, 0.1) is 0 Å². The second-order valence-corrected chi connectivity index (χ2v) is 11.1. The van der Waals surface area contributed by atoms with Gasteiger partial charge in [-0.2, -0.15) is 0 Å². The number of carboxylic acid groups (broad SMARTS) is 1. The van der Waals surface area contributed by atoms with E-state index in [-0.39, 0.29) is 5.91 Å². The standard InChI is InChI=1S/C29H56N2O5/c1-5-6-7-8-9-10-11-12-13-14-15-16-17-18-19-23-26(32)30-24-21-20-22-25(27(33)34)31-28(35)36-29(2,3)4/h25H,5-24H2,1-4H3,(H,30,32)(H,31,35)(H,33,34)/t25-/m0/s1. The number of carbonyl (C=O) groups excluding carboxylic acids is 2. The third kappa shape index (κ3) is 23.9. The van der Waals surface area contributed by atoms with Crippen LogP contribution in [0.5, 0.6) is 0 Å². The maximum atomic E-state index is 12.0. The number of nitrogens with one attached hydrogen (secondary N) is 2. The molecule has 0 aromatic rings. The summed E-state index contributed by atoms with van der Waals surface area (Å²) in [4.78, 5) is 35.1. The molecule has 0 aliphatic carbocycles. The molecule has 212 valence electrons. The van der Waals surface area contributed by atoms with Crippen LogP contribution in [0.4, 0.5) is 4.79 Å². The minimum Gasteiger partial charge on any atom is -0.480 e. The van der Waals surface area contributed by atoms with E-state index in [9.17, 15) is 19.5 Å². The molecule has 2 amide bonds. The average Bonchev–Trinajstić information content (AvgIpc) is 2.79. The summed E-state index contributed by atoms with van der Waals surface area (Å²) in [6.07, 6.45) is 21.0. The Balaban J connectivity index is 3.56. The van der Waals surface area contributed by atoms with Gasteiger partial charge in [0, 0.05) is 13.0 Å². The molecule has 0 aromatic carbocycles. The molecular formula is C29H56N2O5. The van der Waals surface area contributed by atoms with Crippen molar-refractivity contribution in [3.05, 3.63) is 0 Å². The van der Waals surface area contributed by atoms with Crippen molar-refractivity contribution in [3.63, 3.8) is 0 Å². The van der Waals surface area contributed by atoms with E-state index in [0.29, 0.717) is 32.2 Å². The number of rotatable bonds is 23. The normalized spacial score (nSPS) is 12.2. The molecule has 7 heteroatoms. The zero-order chi connectivity index (χ0) is 27.1. The Morgan fingerprint density at radius 3 is 1.64 bits per heavy atom. The highest BCUT2D eigenvalue weighted by molar-refractivity contribution is 5.80. The van der Waals surface area contributed by atoms with E-state index < -0.39 is 23.7 Å². The van der Waals surface area contributed by atoms with Gasteiger partial charge in [-0.15, -0.1) is 0 Å². The number of hydrogen-bond donors (Lipinski definition) is 3. The number of alkyl carbamates (subject to hydrolysis) is 1. The molecule has 0 heterocycles.